The second-order valence-corrected chi connectivity index (χ2v) is 9.37. The van der Waals surface area contributed by atoms with E-state index >= 15 is 0 Å². The molecule has 6 heteroatoms. The first-order valence-corrected chi connectivity index (χ1v) is 12.4. The molecule has 0 radical (unpaired) electrons. The van der Waals surface area contributed by atoms with Gasteiger partial charge in [-0.15, -0.1) is 17.0 Å². The predicted molar refractivity (Wildman–Crippen MR) is 137 cm³/mol. The molecular weight excluding hydrogens is 458 g/mol. The number of hydrogen-bond acceptors (Lipinski definition) is 4. The number of rotatable bonds is 10. The molecule has 0 spiro atoms. The summed E-state index contributed by atoms with van der Waals surface area (Å²) in [6.45, 7) is 13.2. The number of hydrogen-bond donors (Lipinski definition) is 0. The lowest BCUT2D eigenvalue weighted by Crippen LogP contribution is -2.24. The Morgan fingerprint density at radius 3 is 1.73 bits per heavy atom. The fourth-order valence-electron chi connectivity index (χ4n) is 2.61. The molecule has 170 valence electrons. The van der Waals surface area contributed by atoms with Gasteiger partial charge in [0.2, 0.25) is 0 Å². The van der Waals surface area contributed by atoms with Crippen LogP contribution in [0.5, 0.6) is 0 Å². The molecule has 0 saturated carbocycles. The number of benzene rings is 2. The molecule has 0 N–H and O–H groups in total. The zero-order valence-electron chi connectivity index (χ0n) is 19.3. The number of aryl methyl sites for hydroxylation is 1. The first kappa shape index (κ1) is 28.8. The molecule has 2 aromatic carbocycles. The van der Waals surface area contributed by atoms with E-state index in [1.54, 1.807) is 0 Å². The largest absolute Gasteiger partial charge is 0.307 e. The molecule has 0 heterocycles. The van der Waals surface area contributed by atoms with Crippen molar-refractivity contribution >= 4 is 26.7 Å². The molecule has 0 aliphatic heterocycles. The van der Waals surface area contributed by atoms with E-state index in [0.717, 1.165) is 37.5 Å². The van der Waals surface area contributed by atoms with E-state index in [1.165, 1.54) is 5.56 Å². The van der Waals surface area contributed by atoms with Crippen LogP contribution in [-0.4, -0.2) is 59.7 Å². The molecule has 2 rings (SSSR count). The highest BCUT2D eigenvalue weighted by atomic mass is 79.9. The van der Waals surface area contributed by atoms with Gasteiger partial charge in [-0.25, -0.2) is 8.57 Å². The van der Waals surface area contributed by atoms with E-state index < -0.39 is 9.73 Å². The first-order valence-electron chi connectivity index (χ1n) is 10.7. The molecule has 0 aliphatic rings. The van der Waals surface area contributed by atoms with Gasteiger partial charge in [-0.1, -0.05) is 76.2 Å². The standard InChI is InChI=1S/C19H26N2OS.C5H13N.BrH/c1-3-21(4-2)17-20-23(22,19-13-9-6-10-14-19)16-15-18-11-7-5-8-12-18;1-4-6(3)5-2;/h5-14H,3-4,15-17H2,1-2H3;4-5H2,1-3H3;1H. The Hall–Kier alpha value is -1.21. The van der Waals surface area contributed by atoms with Gasteiger partial charge in [0.1, 0.15) is 6.67 Å². The summed E-state index contributed by atoms with van der Waals surface area (Å²) in [5.41, 5.74) is 1.20. The van der Waals surface area contributed by atoms with Gasteiger partial charge in [-0.3, -0.25) is 4.90 Å². The van der Waals surface area contributed by atoms with E-state index in [1.807, 2.05) is 48.5 Å². The van der Waals surface area contributed by atoms with Crippen molar-refractivity contribution < 1.29 is 4.21 Å². The van der Waals surface area contributed by atoms with Crippen molar-refractivity contribution in [3.63, 3.8) is 0 Å². The second-order valence-electron chi connectivity index (χ2n) is 6.96. The molecule has 0 aliphatic carbocycles. The molecular formula is C24H40BrN3OS. The van der Waals surface area contributed by atoms with Crippen LogP contribution < -0.4 is 0 Å². The Bertz CT molecular complexity index is 770. The van der Waals surface area contributed by atoms with E-state index in [9.17, 15) is 4.21 Å². The molecule has 0 fully saturated rings. The van der Waals surface area contributed by atoms with E-state index in [2.05, 4.69) is 61.0 Å². The van der Waals surface area contributed by atoms with Crippen LogP contribution in [0.1, 0.15) is 33.3 Å². The Balaban J connectivity index is 0.00000105. The Kier molecular flexibility index (Phi) is 15.8. The van der Waals surface area contributed by atoms with Gasteiger partial charge in [-0.2, -0.15) is 0 Å². The maximum Gasteiger partial charge on any atom is 0.101 e. The van der Waals surface area contributed by atoms with Gasteiger partial charge >= 0.3 is 0 Å². The molecule has 1 atom stereocenters. The fourth-order valence-corrected chi connectivity index (χ4v) is 4.57. The molecule has 4 nitrogen and oxygen atoms in total. The summed E-state index contributed by atoms with van der Waals surface area (Å²) in [6.07, 6.45) is 0.774. The summed E-state index contributed by atoms with van der Waals surface area (Å²) in [4.78, 5) is 5.27. The van der Waals surface area contributed by atoms with Gasteiger partial charge in [0.25, 0.3) is 0 Å². The van der Waals surface area contributed by atoms with Crippen molar-refractivity contribution in [3.05, 3.63) is 66.2 Å². The van der Waals surface area contributed by atoms with Crippen molar-refractivity contribution in [3.8, 4) is 0 Å². The number of halogens is 1. The summed E-state index contributed by atoms with van der Waals surface area (Å²) in [5, 5.41) is 0. The van der Waals surface area contributed by atoms with Crippen LogP contribution >= 0.6 is 17.0 Å². The van der Waals surface area contributed by atoms with E-state index in [4.69, 9.17) is 0 Å². The lowest BCUT2D eigenvalue weighted by Gasteiger charge is -2.17. The van der Waals surface area contributed by atoms with Crippen molar-refractivity contribution in [2.45, 2.75) is 39.0 Å². The monoisotopic (exact) mass is 497 g/mol. The van der Waals surface area contributed by atoms with Crippen LogP contribution in [0, 0.1) is 0 Å². The van der Waals surface area contributed by atoms with Crippen molar-refractivity contribution in [1.29, 1.82) is 0 Å². The highest BCUT2D eigenvalue weighted by molar-refractivity contribution is 8.93. The van der Waals surface area contributed by atoms with Crippen LogP contribution in [0.4, 0.5) is 0 Å². The van der Waals surface area contributed by atoms with E-state index in [0.29, 0.717) is 12.4 Å². The van der Waals surface area contributed by atoms with E-state index in [-0.39, 0.29) is 17.0 Å². The highest BCUT2D eigenvalue weighted by Crippen LogP contribution is 2.16. The third-order valence-electron chi connectivity index (χ3n) is 5.06. The molecule has 1 unspecified atom stereocenters. The first-order chi connectivity index (χ1) is 14.0. The summed E-state index contributed by atoms with van der Waals surface area (Å²) in [6, 6.07) is 19.9. The lowest BCUT2D eigenvalue weighted by atomic mass is 10.2. The topological polar surface area (TPSA) is 35.9 Å². The quantitative estimate of drug-likeness (QED) is 0.428. The Labute approximate surface area is 195 Å². The van der Waals surface area contributed by atoms with Crippen molar-refractivity contribution in [2.24, 2.45) is 4.36 Å². The summed E-state index contributed by atoms with van der Waals surface area (Å²) >= 11 is 0. The van der Waals surface area contributed by atoms with Gasteiger partial charge in [0.05, 0.1) is 9.73 Å². The third kappa shape index (κ3) is 10.7. The summed E-state index contributed by atoms with van der Waals surface area (Å²) in [7, 11) is -0.287. The average Bonchev–Trinajstić information content (AvgIpc) is 2.79. The predicted octanol–water partition coefficient (Wildman–Crippen LogP) is 5.59. The van der Waals surface area contributed by atoms with Gasteiger partial charge < -0.3 is 4.90 Å². The smallest absolute Gasteiger partial charge is 0.101 e. The van der Waals surface area contributed by atoms with Gasteiger partial charge in [-0.05, 0) is 57.3 Å². The van der Waals surface area contributed by atoms with Crippen LogP contribution in [0.25, 0.3) is 0 Å². The maximum absolute atomic E-state index is 13.5. The van der Waals surface area contributed by atoms with Crippen LogP contribution in [0.15, 0.2) is 69.9 Å². The number of nitrogens with zero attached hydrogens (tertiary/aromatic N) is 3. The molecule has 0 bridgehead atoms. The van der Waals surface area contributed by atoms with Crippen molar-refractivity contribution in [1.82, 2.24) is 9.80 Å². The second kappa shape index (κ2) is 16.5. The minimum absolute atomic E-state index is 0. The summed E-state index contributed by atoms with van der Waals surface area (Å²) in [5.74, 6) is 0.558. The Morgan fingerprint density at radius 1 is 0.800 bits per heavy atom. The Morgan fingerprint density at radius 2 is 1.30 bits per heavy atom. The lowest BCUT2D eigenvalue weighted by molar-refractivity contribution is 0.316. The molecule has 0 aromatic heterocycles. The minimum atomic E-state index is -2.40. The van der Waals surface area contributed by atoms with Crippen LogP contribution in [-0.2, 0) is 16.1 Å². The average molecular weight is 499 g/mol. The fraction of sp³-hybridized carbons (Fsp3) is 0.500. The van der Waals surface area contributed by atoms with Gasteiger partial charge in [0, 0.05) is 10.6 Å². The highest BCUT2D eigenvalue weighted by Gasteiger charge is 2.13. The zero-order chi connectivity index (χ0) is 21.5. The van der Waals surface area contributed by atoms with Crippen molar-refractivity contribution in [2.75, 3.05) is 45.6 Å². The molecule has 0 amide bonds. The molecule has 0 saturated heterocycles. The van der Waals surface area contributed by atoms with Gasteiger partial charge in [0.15, 0.2) is 0 Å². The summed E-state index contributed by atoms with van der Waals surface area (Å²) < 4.78 is 18.1. The molecule has 30 heavy (non-hydrogen) atoms. The molecule has 2 aromatic rings. The maximum atomic E-state index is 13.5. The third-order valence-corrected chi connectivity index (χ3v) is 7.36. The zero-order valence-corrected chi connectivity index (χ0v) is 21.8. The van der Waals surface area contributed by atoms with Crippen LogP contribution in [0.2, 0.25) is 0 Å². The SMILES string of the molecule is Br.CCN(C)CC.CCN(CC)CN=S(=O)(CCc1ccccc1)c1ccccc1. The normalized spacial score (nSPS) is 12.5. The van der Waals surface area contributed by atoms with Crippen LogP contribution in [0.3, 0.4) is 0 Å². The minimum Gasteiger partial charge on any atom is -0.307 e.